The minimum absolute atomic E-state index is 0.0747. The highest BCUT2D eigenvalue weighted by molar-refractivity contribution is 7.89. The number of rotatable bonds is 5. The molecule has 1 aromatic carbocycles. The Morgan fingerprint density at radius 2 is 1.81 bits per heavy atom. The number of nitrogens with one attached hydrogen (secondary N) is 1. The number of nitrogens with zero attached hydrogens (tertiary/aromatic N) is 2. The van der Waals surface area contributed by atoms with Crippen LogP contribution in [0.5, 0.6) is 0 Å². The summed E-state index contributed by atoms with van der Waals surface area (Å²) >= 11 is 0. The van der Waals surface area contributed by atoms with Gasteiger partial charge in [0.25, 0.3) is 0 Å². The van der Waals surface area contributed by atoms with Crippen molar-refractivity contribution in [1.29, 1.82) is 0 Å². The minimum Gasteiger partial charge on any atom is -0.321 e. The van der Waals surface area contributed by atoms with Crippen molar-refractivity contribution in [2.24, 2.45) is 5.92 Å². The van der Waals surface area contributed by atoms with E-state index < -0.39 is 10.0 Å². The molecule has 0 aromatic heterocycles. The van der Waals surface area contributed by atoms with E-state index >= 15 is 0 Å². The molecule has 0 radical (unpaired) electrons. The Morgan fingerprint density at radius 1 is 1.15 bits per heavy atom. The number of carbonyl (C=O) groups is 1. The molecule has 144 valence electrons. The molecule has 1 atom stereocenters. The van der Waals surface area contributed by atoms with Crippen LogP contribution < -0.4 is 5.32 Å². The smallest absolute Gasteiger partial charge is 0.321 e. The Hall–Kier alpha value is -1.60. The standard InChI is InChI=1S/C19H29N3O3S/c1-14(2)21(3)26(24,25)17-11-9-16(10-12-17)20-19(23)22-13-5-8-18(22)15-6-4-7-15/h9-12,14-15,18H,4-8,13H2,1-3H3,(H,20,23). The van der Waals surface area contributed by atoms with E-state index in [1.54, 1.807) is 31.3 Å². The summed E-state index contributed by atoms with van der Waals surface area (Å²) in [6.07, 6.45) is 5.89. The van der Waals surface area contributed by atoms with Crippen LogP contribution in [0.2, 0.25) is 0 Å². The number of urea groups is 1. The van der Waals surface area contributed by atoms with Crippen LogP contribution in [0.4, 0.5) is 10.5 Å². The van der Waals surface area contributed by atoms with E-state index in [9.17, 15) is 13.2 Å². The van der Waals surface area contributed by atoms with Crippen LogP contribution in [0.15, 0.2) is 29.2 Å². The third kappa shape index (κ3) is 3.74. The molecule has 1 aliphatic heterocycles. The summed E-state index contributed by atoms with van der Waals surface area (Å²) in [6, 6.07) is 6.60. The lowest BCUT2D eigenvalue weighted by Gasteiger charge is -2.36. The van der Waals surface area contributed by atoms with Gasteiger partial charge < -0.3 is 10.2 Å². The summed E-state index contributed by atoms with van der Waals surface area (Å²) in [5, 5.41) is 2.93. The largest absolute Gasteiger partial charge is 0.322 e. The first kappa shape index (κ1) is 19.2. The number of likely N-dealkylation sites (tertiary alicyclic amines) is 1. The van der Waals surface area contributed by atoms with Crippen molar-refractivity contribution in [3.05, 3.63) is 24.3 Å². The van der Waals surface area contributed by atoms with Gasteiger partial charge in [0.15, 0.2) is 0 Å². The van der Waals surface area contributed by atoms with Gasteiger partial charge in [0.05, 0.1) is 4.90 Å². The summed E-state index contributed by atoms with van der Waals surface area (Å²) in [7, 11) is -1.93. The van der Waals surface area contributed by atoms with Gasteiger partial charge in [-0.2, -0.15) is 4.31 Å². The summed E-state index contributed by atoms with van der Waals surface area (Å²) in [5.41, 5.74) is 0.625. The molecule has 2 amide bonds. The Balaban J connectivity index is 1.66. The van der Waals surface area contributed by atoms with Crippen molar-refractivity contribution < 1.29 is 13.2 Å². The van der Waals surface area contributed by atoms with Crippen LogP contribution >= 0.6 is 0 Å². The molecule has 0 spiro atoms. The fourth-order valence-corrected chi connectivity index (χ4v) is 5.08. The van der Waals surface area contributed by atoms with Gasteiger partial charge in [-0.1, -0.05) is 6.42 Å². The quantitative estimate of drug-likeness (QED) is 0.851. The van der Waals surface area contributed by atoms with Gasteiger partial charge in [-0.3, -0.25) is 0 Å². The SMILES string of the molecule is CC(C)N(C)S(=O)(=O)c1ccc(NC(=O)N2CCCC2C2CCC2)cc1. The van der Waals surface area contributed by atoms with Gasteiger partial charge in [-0.25, -0.2) is 13.2 Å². The topological polar surface area (TPSA) is 69.7 Å². The van der Waals surface area contributed by atoms with Gasteiger partial charge >= 0.3 is 6.03 Å². The summed E-state index contributed by atoms with van der Waals surface area (Å²) < 4.78 is 26.3. The maximum atomic E-state index is 12.6. The molecule has 1 aromatic rings. The first-order valence-electron chi connectivity index (χ1n) is 9.46. The Bertz CT molecular complexity index is 742. The van der Waals surface area contributed by atoms with Crippen LogP contribution in [0.3, 0.4) is 0 Å². The highest BCUT2D eigenvalue weighted by Crippen LogP contribution is 2.37. The third-order valence-electron chi connectivity index (χ3n) is 5.76. The van der Waals surface area contributed by atoms with Gasteiger partial charge in [0.2, 0.25) is 10.0 Å². The molecule has 6 nitrogen and oxygen atoms in total. The molecule has 1 saturated carbocycles. The molecule has 1 saturated heterocycles. The fourth-order valence-electron chi connectivity index (χ4n) is 3.71. The molecule has 2 fully saturated rings. The maximum Gasteiger partial charge on any atom is 0.322 e. The van der Waals surface area contributed by atoms with Gasteiger partial charge in [-0.05, 0) is 69.7 Å². The number of anilines is 1. The lowest BCUT2D eigenvalue weighted by molar-refractivity contribution is 0.148. The zero-order valence-corrected chi connectivity index (χ0v) is 16.6. The average molecular weight is 380 g/mol. The predicted octanol–water partition coefficient (Wildman–Crippen LogP) is 3.51. The molecular weight excluding hydrogens is 350 g/mol. The van der Waals surface area contributed by atoms with Crippen LogP contribution in [0, 0.1) is 5.92 Å². The van der Waals surface area contributed by atoms with E-state index in [0.717, 1.165) is 19.4 Å². The first-order valence-corrected chi connectivity index (χ1v) is 10.9. The van der Waals surface area contributed by atoms with E-state index in [2.05, 4.69) is 5.32 Å². The fraction of sp³-hybridized carbons (Fsp3) is 0.632. The number of hydrogen-bond acceptors (Lipinski definition) is 3. The molecule has 2 aliphatic rings. The zero-order chi connectivity index (χ0) is 18.9. The first-order chi connectivity index (χ1) is 12.3. The van der Waals surface area contributed by atoms with Crippen molar-refractivity contribution in [2.45, 2.75) is 62.9 Å². The second-order valence-corrected chi connectivity index (χ2v) is 9.66. The van der Waals surface area contributed by atoms with Crippen molar-refractivity contribution in [3.8, 4) is 0 Å². The van der Waals surface area contributed by atoms with E-state index in [4.69, 9.17) is 0 Å². The summed E-state index contributed by atoms with van der Waals surface area (Å²) in [6.45, 7) is 4.47. The Morgan fingerprint density at radius 3 is 2.35 bits per heavy atom. The maximum absolute atomic E-state index is 12.6. The molecule has 3 rings (SSSR count). The Kier molecular flexibility index (Phi) is 5.58. The third-order valence-corrected chi connectivity index (χ3v) is 7.81. The molecular formula is C19H29N3O3S. The van der Waals surface area contributed by atoms with Crippen molar-refractivity contribution >= 4 is 21.7 Å². The Labute approximate surface area is 156 Å². The normalized spacial score (nSPS) is 21.3. The summed E-state index contributed by atoms with van der Waals surface area (Å²) in [5.74, 6) is 0.655. The number of benzene rings is 1. The monoisotopic (exact) mass is 379 g/mol. The van der Waals surface area contributed by atoms with Crippen LogP contribution in [0.1, 0.15) is 46.0 Å². The number of sulfonamides is 1. The molecule has 1 heterocycles. The molecule has 7 heteroatoms. The predicted molar refractivity (Wildman–Crippen MR) is 103 cm³/mol. The second-order valence-electron chi connectivity index (χ2n) is 7.66. The number of carbonyl (C=O) groups excluding carboxylic acids is 1. The average Bonchev–Trinajstić information content (AvgIpc) is 3.02. The zero-order valence-electron chi connectivity index (χ0n) is 15.8. The lowest BCUT2D eigenvalue weighted by atomic mass is 9.79. The second kappa shape index (κ2) is 7.56. The van der Waals surface area contributed by atoms with Crippen LogP contribution in [-0.2, 0) is 10.0 Å². The van der Waals surface area contributed by atoms with Crippen LogP contribution in [0.25, 0.3) is 0 Å². The highest BCUT2D eigenvalue weighted by Gasteiger charge is 2.37. The number of hydrogen-bond donors (Lipinski definition) is 1. The lowest BCUT2D eigenvalue weighted by Crippen LogP contribution is -2.44. The molecule has 0 bridgehead atoms. The van der Waals surface area contributed by atoms with E-state index in [0.29, 0.717) is 17.6 Å². The molecule has 1 unspecified atom stereocenters. The minimum atomic E-state index is -3.50. The molecule has 1 N–H and O–H groups in total. The van der Waals surface area contributed by atoms with E-state index in [1.165, 1.54) is 23.6 Å². The van der Waals surface area contributed by atoms with Crippen molar-refractivity contribution in [3.63, 3.8) is 0 Å². The van der Waals surface area contributed by atoms with E-state index in [1.807, 2.05) is 18.7 Å². The molecule has 26 heavy (non-hydrogen) atoms. The van der Waals surface area contributed by atoms with Crippen molar-refractivity contribution in [2.75, 3.05) is 18.9 Å². The van der Waals surface area contributed by atoms with Crippen LogP contribution in [-0.4, -0.2) is 49.3 Å². The highest BCUT2D eigenvalue weighted by atomic mass is 32.2. The summed E-state index contributed by atoms with van der Waals surface area (Å²) in [4.78, 5) is 14.8. The van der Waals surface area contributed by atoms with Gasteiger partial charge in [0.1, 0.15) is 0 Å². The van der Waals surface area contributed by atoms with Gasteiger partial charge in [-0.15, -0.1) is 0 Å². The van der Waals surface area contributed by atoms with Crippen molar-refractivity contribution in [1.82, 2.24) is 9.21 Å². The number of amides is 2. The van der Waals surface area contributed by atoms with Gasteiger partial charge in [0, 0.05) is 31.4 Å². The van der Waals surface area contributed by atoms with E-state index in [-0.39, 0.29) is 17.0 Å². The molecule has 1 aliphatic carbocycles.